The SMILES string of the molecule is CC(C)NC(=NCCC1CCCCC1)NN. The topological polar surface area (TPSA) is 62.4 Å². The molecule has 1 aliphatic rings. The summed E-state index contributed by atoms with van der Waals surface area (Å²) >= 11 is 0. The summed E-state index contributed by atoms with van der Waals surface area (Å²) in [5.74, 6) is 7.00. The molecule has 0 radical (unpaired) electrons. The van der Waals surface area contributed by atoms with Crippen molar-refractivity contribution in [1.29, 1.82) is 0 Å². The van der Waals surface area contributed by atoms with Gasteiger partial charge in [-0.15, -0.1) is 0 Å². The van der Waals surface area contributed by atoms with Crippen LogP contribution in [0, 0.1) is 5.92 Å². The zero-order valence-electron chi connectivity index (χ0n) is 10.6. The molecule has 1 aliphatic carbocycles. The second-order valence-corrected chi connectivity index (χ2v) is 4.97. The molecule has 0 atom stereocenters. The zero-order chi connectivity index (χ0) is 11.8. The van der Waals surface area contributed by atoms with Gasteiger partial charge in [0.25, 0.3) is 0 Å². The second kappa shape index (κ2) is 7.49. The summed E-state index contributed by atoms with van der Waals surface area (Å²) < 4.78 is 0. The summed E-state index contributed by atoms with van der Waals surface area (Å²) in [6, 6.07) is 0.365. The molecule has 4 N–H and O–H groups in total. The number of nitrogens with zero attached hydrogens (tertiary/aromatic N) is 1. The first kappa shape index (κ1) is 13.3. The molecule has 0 aromatic heterocycles. The smallest absolute Gasteiger partial charge is 0.205 e. The first-order chi connectivity index (χ1) is 7.72. The quantitative estimate of drug-likeness (QED) is 0.296. The molecule has 1 rings (SSSR count). The molecule has 4 heteroatoms. The number of rotatable bonds is 4. The monoisotopic (exact) mass is 226 g/mol. The molecule has 0 saturated heterocycles. The third-order valence-corrected chi connectivity index (χ3v) is 3.09. The van der Waals surface area contributed by atoms with E-state index in [0.717, 1.165) is 12.5 Å². The van der Waals surface area contributed by atoms with Gasteiger partial charge in [0.2, 0.25) is 5.96 Å². The van der Waals surface area contributed by atoms with Gasteiger partial charge in [0.1, 0.15) is 0 Å². The first-order valence-electron chi connectivity index (χ1n) is 6.50. The molecule has 0 bridgehead atoms. The van der Waals surface area contributed by atoms with Crippen molar-refractivity contribution in [3.8, 4) is 0 Å². The second-order valence-electron chi connectivity index (χ2n) is 4.97. The minimum absolute atomic E-state index is 0.365. The van der Waals surface area contributed by atoms with Gasteiger partial charge in [0.05, 0.1) is 0 Å². The zero-order valence-corrected chi connectivity index (χ0v) is 10.6. The lowest BCUT2D eigenvalue weighted by Crippen LogP contribution is -2.44. The standard InChI is InChI=1S/C12H26N4/c1-10(2)15-12(16-13)14-9-8-11-6-4-3-5-7-11/h10-11H,3-9,13H2,1-2H3,(H2,14,15,16). The number of guanidine groups is 1. The van der Waals surface area contributed by atoms with Crippen LogP contribution in [0.2, 0.25) is 0 Å². The fraction of sp³-hybridized carbons (Fsp3) is 0.917. The molecule has 0 unspecified atom stereocenters. The largest absolute Gasteiger partial charge is 0.353 e. The van der Waals surface area contributed by atoms with Gasteiger partial charge in [-0.1, -0.05) is 32.1 Å². The molecule has 94 valence electrons. The van der Waals surface area contributed by atoms with Crippen LogP contribution < -0.4 is 16.6 Å². The van der Waals surface area contributed by atoms with Crippen molar-refractivity contribution in [3.63, 3.8) is 0 Å². The van der Waals surface area contributed by atoms with Gasteiger partial charge in [-0.3, -0.25) is 10.4 Å². The van der Waals surface area contributed by atoms with Crippen LogP contribution in [-0.2, 0) is 0 Å². The maximum Gasteiger partial charge on any atom is 0.205 e. The Morgan fingerprint density at radius 2 is 2.00 bits per heavy atom. The third kappa shape index (κ3) is 5.35. The molecule has 0 amide bonds. The fourth-order valence-corrected chi connectivity index (χ4v) is 2.24. The van der Waals surface area contributed by atoms with E-state index in [0.29, 0.717) is 12.0 Å². The van der Waals surface area contributed by atoms with E-state index in [-0.39, 0.29) is 0 Å². The Morgan fingerprint density at radius 3 is 2.56 bits per heavy atom. The van der Waals surface area contributed by atoms with E-state index < -0.39 is 0 Å². The maximum absolute atomic E-state index is 5.40. The Morgan fingerprint density at radius 1 is 1.31 bits per heavy atom. The minimum Gasteiger partial charge on any atom is -0.353 e. The molecule has 0 heterocycles. The van der Waals surface area contributed by atoms with Crippen LogP contribution in [0.4, 0.5) is 0 Å². The van der Waals surface area contributed by atoms with Gasteiger partial charge in [-0.2, -0.15) is 0 Å². The number of hydrogen-bond donors (Lipinski definition) is 3. The number of hydrogen-bond acceptors (Lipinski definition) is 2. The van der Waals surface area contributed by atoms with E-state index in [1.807, 2.05) is 0 Å². The molecule has 0 spiro atoms. The van der Waals surface area contributed by atoms with Crippen molar-refractivity contribution >= 4 is 5.96 Å². The Labute approximate surface area is 99.1 Å². The Balaban J connectivity index is 2.21. The molecule has 0 aromatic rings. The molecule has 16 heavy (non-hydrogen) atoms. The molecule has 0 aromatic carbocycles. The van der Waals surface area contributed by atoms with E-state index in [1.54, 1.807) is 0 Å². The summed E-state index contributed by atoms with van der Waals surface area (Å²) in [6.45, 7) is 5.03. The molecule has 0 aliphatic heterocycles. The van der Waals surface area contributed by atoms with E-state index in [1.165, 1.54) is 38.5 Å². The van der Waals surface area contributed by atoms with Gasteiger partial charge in [0.15, 0.2) is 0 Å². The van der Waals surface area contributed by atoms with Crippen molar-refractivity contribution in [2.75, 3.05) is 6.54 Å². The third-order valence-electron chi connectivity index (χ3n) is 3.09. The highest BCUT2D eigenvalue weighted by Crippen LogP contribution is 2.25. The van der Waals surface area contributed by atoms with Crippen molar-refractivity contribution in [2.24, 2.45) is 16.8 Å². The number of aliphatic imine (C=N–C) groups is 1. The average Bonchev–Trinajstić information content (AvgIpc) is 2.28. The van der Waals surface area contributed by atoms with Gasteiger partial charge in [0, 0.05) is 12.6 Å². The maximum atomic E-state index is 5.40. The van der Waals surface area contributed by atoms with E-state index in [9.17, 15) is 0 Å². The summed E-state index contributed by atoms with van der Waals surface area (Å²) in [7, 11) is 0. The van der Waals surface area contributed by atoms with Gasteiger partial charge >= 0.3 is 0 Å². The van der Waals surface area contributed by atoms with Crippen LogP contribution in [0.25, 0.3) is 0 Å². The minimum atomic E-state index is 0.365. The highest BCUT2D eigenvalue weighted by atomic mass is 15.3. The molecular weight excluding hydrogens is 200 g/mol. The molecule has 4 nitrogen and oxygen atoms in total. The Kier molecular flexibility index (Phi) is 6.23. The number of nitrogens with one attached hydrogen (secondary N) is 2. The fourth-order valence-electron chi connectivity index (χ4n) is 2.24. The van der Waals surface area contributed by atoms with Crippen LogP contribution in [0.3, 0.4) is 0 Å². The predicted molar refractivity (Wildman–Crippen MR) is 69.1 cm³/mol. The normalized spacial score (nSPS) is 18.9. The Hall–Kier alpha value is -0.770. The number of nitrogens with two attached hydrogens (primary N) is 1. The summed E-state index contributed by atoms with van der Waals surface area (Å²) in [6.07, 6.45) is 8.20. The van der Waals surface area contributed by atoms with Crippen LogP contribution in [-0.4, -0.2) is 18.5 Å². The van der Waals surface area contributed by atoms with Gasteiger partial charge in [-0.25, -0.2) is 5.84 Å². The Bertz CT molecular complexity index is 207. The molecule has 1 saturated carbocycles. The average molecular weight is 226 g/mol. The van der Waals surface area contributed by atoms with Gasteiger partial charge in [-0.05, 0) is 26.2 Å². The van der Waals surface area contributed by atoms with Crippen molar-refractivity contribution in [1.82, 2.24) is 10.7 Å². The summed E-state index contributed by atoms with van der Waals surface area (Å²) in [5.41, 5.74) is 2.61. The molecule has 1 fully saturated rings. The first-order valence-corrected chi connectivity index (χ1v) is 6.50. The van der Waals surface area contributed by atoms with Crippen LogP contribution in [0.15, 0.2) is 4.99 Å². The summed E-state index contributed by atoms with van der Waals surface area (Å²) in [5, 5.41) is 3.18. The van der Waals surface area contributed by atoms with Gasteiger partial charge < -0.3 is 5.32 Å². The van der Waals surface area contributed by atoms with Crippen molar-refractivity contribution < 1.29 is 0 Å². The van der Waals surface area contributed by atoms with Crippen LogP contribution >= 0.6 is 0 Å². The predicted octanol–water partition coefficient (Wildman–Crippen LogP) is 1.77. The van der Waals surface area contributed by atoms with Crippen LogP contribution in [0.5, 0.6) is 0 Å². The van der Waals surface area contributed by atoms with E-state index in [2.05, 4.69) is 29.6 Å². The lowest BCUT2D eigenvalue weighted by atomic mass is 9.87. The highest BCUT2D eigenvalue weighted by molar-refractivity contribution is 5.79. The van der Waals surface area contributed by atoms with Crippen LogP contribution in [0.1, 0.15) is 52.4 Å². The van der Waals surface area contributed by atoms with Crippen molar-refractivity contribution in [3.05, 3.63) is 0 Å². The summed E-state index contributed by atoms with van der Waals surface area (Å²) in [4.78, 5) is 4.45. The lowest BCUT2D eigenvalue weighted by molar-refractivity contribution is 0.343. The highest BCUT2D eigenvalue weighted by Gasteiger charge is 2.12. The van der Waals surface area contributed by atoms with Crippen molar-refractivity contribution in [2.45, 2.75) is 58.4 Å². The van der Waals surface area contributed by atoms with E-state index >= 15 is 0 Å². The number of hydrazine groups is 1. The lowest BCUT2D eigenvalue weighted by Gasteiger charge is -2.20. The molecular formula is C12H26N4. The van der Waals surface area contributed by atoms with E-state index in [4.69, 9.17) is 5.84 Å².